The number of hydrogen-bond donors (Lipinski definition) is 2. The Bertz CT molecular complexity index is 619. The molecule has 0 radical (unpaired) electrons. The third kappa shape index (κ3) is 4.34. The lowest BCUT2D eigenvalue weighted by atomic mass is 10.3. The fraction of sp³-hybridized carbons (Fsp3) is 0.214. The minimum Gasteiger partial charge on any atom is -0.492 e. The van der Waals surface area contributed by atoms with Crippen LogP contribution in [-0.2, 0) is 4.74 Å². The number of aromatic nitrogens is 2. The first-order valence-corrected chi connectivity index (χ1v) is 6.31. The van der Waals surface area contributed by atoms with Crippen molar-refractivity contribution < 1.29 is 14.3 Å². The van der Waals surface area contributed by atoms with Gasteiger partial charge in [0, 0.05) is 11.8 Å². The van der Waals surface area contributed by atoms with E-state index in [0.29, 0.717) is 30.4 Å². The van der Waals surface area contributed by atoms with Crippen molar-refractivity contribution >= 4 is 17.5 Å². The predicted octanol–water partition coefficient (Wildman–Crippen LogP) is 1.34. The average molecular weight is 288 g/mol. The van der Waals surface area contributed by atoms with E-state index in [2.05, 4.69) is 20.0 Å². The molecule has 21 heavy (non-hydrogen) atoms. The number of esters is 1. The summed E-state index contributed by atoms with van der Waals surface area (Å²) in [7, 11) is 1.30. The summed E-state index contributed by atoms with van der Waals surface area (Å²) in [5, 5.41) is 3.01. The molecule has 0 amide bonds. The van der Waals surface area contributed by atoms with Gasteiger partial charge in [-0.3, -0.25) is 4.98 Å². The summed E-state index contributed by atoms with van der Waals surface area (Å²) in [5.41, 5.74) is 6.46. The predicted molar refractivity (Wildman–Crippen MR) is 78.2 cm³/mol. The van der Waals surface area contributed by atoms with Gasteiger partial charge in [0.1, 0.15) is 18.2 Å². The van der Waals surface area contributed by atoms with E-state index in [9.17, 15) is 4.79 Å². The molecule has 7 heteroatoms. The maximum Gasteiger partial charge on any atom is 0.358 e. The second-order valence-corrected chi connectivity index (χ2v) is 4.13. The normalized spacial score (nSPS) is 9.95. The lowest BCUT2D eigenvalue weighted by molar-refractivity contribution is 0.0593. The van der Waals surface area contributed by atoms with Gasteiger partial charge < -0.3 is 20.5 Å². The summed E-state index contributed by atoms with van der Waals surface area (Å²) in [4.78, 5) is 19.3. The van der Waals surface area contributed by atoms with Crippen molar-refractivity contribution in [1.29, 1.82) is 0 Å². The number of anilines is 2. The number of carbonyl (C=O) groups is 1. The van der Waals surface area contributed by atoms with Crippen LogP contribution >= 0.6 is 0 Å². The number of nitrogens with two attached hydrogens (primary N) is 1. The SMILES string of the molecule is COC(=O)c1cncc(NCCOc2cccc(N)c2)n1. The van der Waals surface area contributed by atoms with E-state index in [1.807, 2.05) is 12.1 Å². The van der Waals surface area contributed by atoms with Crippen molar-refractivity contribution in [1.82, 2.24) is 9.97 Å². The van der Waals surface area contributed by atoms with Crippen LogP contribution in [0.5, 0.6) is 5.75 Å². The van der Waals surface area contributed by atoms with Crippen LogP contribution in [-0.4, -0.2) is 36.2 Å². The average Bonchev–Trinajstić information content (AvgIpc) is 2.51. The lowest BCUT2D eigenvalue weighted by Crippen LogP contribution is -2.14. The van der Waals surface area contributed by atoms with Crippen molar-refractivity contribution in [3.63, 3.8) is 0 Å². The summed E-state index contributed by atoms with van der Waals surface area (Å²) in [6.45, 7) is 0.932. The van der Waals surface area contributed by atoms with Crippen LogP contribution in [0.1, 0.15) is 10.5 Å². The van der Waals surface area contributed by atoms with Crippen molar-refractivity contribution in [3.05, 3.63) is 42.4 Å². The van der Waals surface area contributed by atoms with Gasteiger partial charge in [-0.15, -0.1) is 0 Å². The molecule has 0 unspecified atom stereocenters. The molecule has 0 aliphatic carbocycles. The van der Waals surface area contributed by atoms with E-state index in [4.69, 9.17) is 10.5 Å². The number of rotatable bonds is 6. The molecule has 1 aromatic carbocycles. The minimum atomic E-state index is -0.526. The Morgan fingerprint density at radius 2 is 2.24 bits per heavy atom. The number of carbonyl (C=O) groups excluding carboxylic acids is 1. The molecule has 2 rings (SSSR count). The highest BCUT2D eigenvalue weighted by atomic mass is 16.5. The third-order valence-electron chi connectivity index (χ3n) is 2.56. The van der Waals surface area contributed by atoms with Gasteiger partial charge in [-0.2, -0.15) is 0 Å². The molecule has 0 bridgehead atoms. The number of nitrogen functional groups attached to an aromatic ring is 1. The number of nitrogens with one attached hydrogen (secondary N) is 1. The summed E-state index contributed by atoms with van der Waals surface area (Å²) < 4.78 is 10.1. The van der Waals surface area contributed by atoms with Gasteiger partial charge in [0.05, 0.1) is 26.0 Å². The summed E-state index contributed by atoms with van der Waals surface area (Å²) in [6, 6.07) is 7.19. The lowest BCUT2D eigenvalue weighted by Gasteiger charge is -2.08. The Hall–Kier alpha value is -2.83. The monoisotopic (exact) mass is 288 g/mol. The molecular formula is C14H16N4O3. The van der Waals surface area contributed by atoms with Crippen molar-refractivity contribution in [2.75, 3.05) is 31.3 Å². The van der Waals surface area contributed by atoms with Crippen LogP contribution in [0, 0.1) is 0 Å². The zero-order chi connectivity index (χ0) is 15.1. The van der Waals surface area contributed by atoms with Crippen molar-refractivity contribution in [2.45, 2.75) is 0 Å². The Labute approximate surface area is 122 Å². The number of methoxy groups -OCH3 is 1. The molecule has 1 heterocycles. The standard InChI is InChI=1S/C14H16N4O3/c1-20-14(19)12-8-16-9-13(18-12)17-5-6-21-11-4-2-3-10(15)7-11/h2-4,7-9H,5-6,15H2,1H3,(H,17,18). The van der Waals surface area contributed by atoms with E-state index < -0.39 is 5.97 Å². The van der Waals surface area contributed by atoms with Gasteiger partial charge in [0.15, 0.2) is 5.69 Å². The summed E-state index contributed by atoms with van der Waals surface area (Å²) in [6.07, 6.45) is 2.87. The molecule has 0 atom stereocenters. The van der Waals surface area contributed by atoms with Crippen LogP contribution in [0.2, 0.25) is 0 Å². The molecule has 0 saturated carbocycles. The molecule has 110 valence electrons. The Morgan fingerprint density at radius 3 is 3.00 bits per heavy atom. The fourth-order valence-corrected chi connectivity index (χ4v) is 1.61. The first kappa shape index (κ1) is 14.6. The summed E-state index contributed by atoms with van der Waals surface area (Å²) in [5.74, 6) is 0.655. The van der Waals surface area contributed by atoms with Crippen LogP contribution in [0.3, 0.4) is 0 Å². The number of ether oxygens (including phenoxy) is 2. The number of hydrogen-bond acceptors (Lipinski definition) is 7. The minimum absolute atomic E-state index is 0.152. The third-order valence-corrected chi connectivity index (χ3v) is 2.56. The highest BCUT2D eigenvalue weighted by Crippen LogP contribution is 2.14. The number of nitrogens with zero attached hydrogens (tertiary/aromatic N) is 2. The van der Waals surface area contributed by atoms with Crippen LogP contribution in [0.4, 0.5) is 11.5 Å². The second-order valence-electron chi connectivity index (χ2n) is 4.13. The van der Waals surface area contributed by atoms with Crippen LogP contribution in [0.15, 0.2) is 36.7 Å². The van der Waals surface area contributed by atoms with Crippen molar-refractivity contribution in [2.24, 2.45) is 0 Å². The molecule has 0 saturated heterocycles. The Kier molecular flexibility index (Phi) is 4.92. The van der Waals surface area contributed by atoms with Gasteiger partial charge in [-0.05, 0) is 12.1 Å². The van der Waals surface area contributed by atoms with Gasteiger partial charge in [-0.25, -0.2) is 9.78 Å². The Balaban J connectivity index is 1.82. The molecule has 0 fully saturated rings. The van der Waals surface area contributed by atoms with Crippen LogP contribution < -0.4 is 15.8 Å². The molecule has 7 nitrogen and oxygen atoms in total. The highest BCUT2D eigenvalue weighted by Gasteiger charge is 2.08. The van der Waals surface area contributed by atoms with Gasteiger partial charge in [-0.1, -0.05) is 6.07 Å². The first-order chi connectivity index (χ1) is 10.2. The molecule has 2 aromatic rings. The fourth-order valence-electron chi connectivity index (χ4n) is 1.61. The summed E-state index contributed by atoms with van der Waals surface area (Å²) >= 11 is 0. The highest BCUT2D eigenvalue weighted by molar-refractivity contribution is 5.87. The van der Waals surface area contributed by atoms with E-state index in [1.54, 1.807) is 12.1 Å². The van der Waals surface area contributed by atoms with Gasteiger partial charge in [0.25, 0.3) is 0 Å². The Morgan fingerprint density at radius 1 is 1.38 bits per heavy atom. The first-order valence-electron chi connectivity index (χ1n) is 6.31. The van der Waals surface area contributed by atoms with Crippen molar-refractivity contribution in [3.8, 4) is 5.75 Å². The zero-order valence-electron chi connectivity index (χ0n) is 11.6. The number of benzene rings is 1. The molecule has 0 spiro atoms. The van der Waals surface area contributed by atoms with E-state index in [0.717, 1.165) is 0 Å². The molecule has 1 aromatic heterocycles. The smallest absolute Gasteiger partial charge is 0.358 e. The van der Waals surface area contributed by atoms with Gasteiger partial charge in [0.2, 0.25) is 0 Å². The molecule has 0 aliphatic heterocycles. The van der Waals surface area contributed by atoms with E-state index >= 15 is 0 Å². The largest absolute Gasteiger partial charge is 0.492 e. The van der Waals surface area contributed by atoms with Gasteiger partial charge >= 0.3 is 5.97 Å². The topological polar surface area (TPSA) is 99.4 Å². The quantitative estimate of drug-likeness (QED) is 0.470. The van der Waals surface area contributed by atoms with E-state index in [-0.39, 0.29) is 5.69 Å². The molecule has 0 aliphatic rings. The second kappa shape index (κ2) is 7.09. The molecule has 3 N–H and O–H groups in total. The van der Waals surface area contributed by atoms with Crippen LogP contribution in [0.25, 0.3) is 0 Å². The van der Waals surface area contributed by atoms with E-state index in [1.165, 1.54) is 19.5 Å². The maximum atomic E-state index is 11.3. The molecular weight excluding hydrogens is 272 g/mol. The zero-order valence-corrected chi connectivity index (χ0v) is 11.6. The maximum absolute atomic E-state index is 11.3.